The van der Waals surface area contributed by atoms with E-state index < -0.39 is 0 Å². The number of hydrogen-bond donors (Lipinski definition) is 1. The number of aliphatic hydroxyl groups excluding tert-OH is 1. The molecule has 0 aliphatic heterocycles. The molecule has 0 amide bonds. The van der Waals surface area contributed by atoms with E-state index >= 15 is 0 Å². The first-order chi connectivity index (χ1) is 15.1. The molecule has 1 aliphatic carbocycles. The molecule has 31 heavy (non-hydrogen) atoms. The Morgan fingerprint density at radius 2 is 2.10 bits per heavy atom. The average molecular weight is 418 g/mol. The van der Waals surface area contributed by atoms with Crippen molar-refractivity contribution in [1.29, 1.82) is 0 Å². The Bertz CT molecular complexity index is 1230. The summed E-state index contributed by atoms with van der Waals surface area (Å²) >= 11 is 0. The number of carbonyl (C=O) groups excluding carboxylic acids is 1. The minimum atomic E-state index is 0.0671. The van der Waals surface area contributed by atoms with Crippen molar-refractivity contribution in [3.63, 3.8) is 0 Å². The van der Waals surface area contributed by atoms with Crippen molar-refractivity contribution in [1.82, 2.24) is 39.7 Å². The first-order valence-electron chi connectivity index (χ1n) is 10.2. The summed E-state index contributed by atoms with van der Waals surface area (Å²) in [6.45, 7) is 2.62. The maximum absolute atomic E-state index is 11.3. The van der Waals surface area contributed by atoms with Crippen LogP contribution in [0.4, 0.5) is 0 Å². The predicted octanol–water partition coefficient (Wildman–Crippen LogP) is 1.15. The molecule has 10 heteroatoms. The van der Waals surface area contributed by atoms with Crippen LogP contribution in [0.5, 0.6) is 0 Å². The number of ketones is 1. The van der Waals surface area contributed by atoms with Crippen LogP contribution in [0.2, 0.25) is 0 Å². The molecule has 2 atom stereocenters. The third kappa shape index (κ3) is 4.19. The van der Waals surface area contributed by atoms with Crippen molar-refractivity contribution in [2.45, 2.75) is 32.7 Å². The molecule has 0 saturated heterocycles. The van der Waals surface area contributed by atoms with Gasteiger partial charge in [-0.3, -0.25) is 14.5 Å². The summed E-state index contributed by atoms with van der Waals surface area (Å²) in [5.74, 6) is 1.65. The largest absolute Gasteiger partial charge is 0.396 e. The fourth-order valence-electron chi connectivity index (χ4n) is 3.70. The monoisotopic (exact) mass is 418 g/mol. The van der Waals surface area contributed by atoms with Gasteiger partial charge in [0.05, 0.1) is 24.3 Å². The Hall–Kier alpha value is -3.53. The van der Waals surface area contributed by atoms with Crippen LogP contribution in [0, 0.1) is 11.8 Å². The van der Waals surface area contributed by atoms with Crippen LogP contribution in [0.3, 0.4) is 0 Å². The molecule has 158 valence electrons. The standard InChI is InChI=1S/C21H22N8O2/c1-13(31)4-17-2-3-18(8-22-17)29-21-19(26-27-29)9-23-20(25-21)5-14-7-24-28(10-14)11-15-6-16(15)12-30/h2-3,7-10,15-16,30H,4-6,11-12H2,1H3/t15-,16-/m0/s1. The van der Waals surface area contributed by atoms with Crippen molar-refractivity contribution in [3.05, 3.63) is 54.0 Å². The van der Waals surface area contributed by atoms with E-state index in [0.717, 1.165) is 24.2 Å². The predicted molar refractivity (Wildman–Crippen MR) is 110 cm³/mol. The lowest BCUT2D eigenvalue weighted by Gasteiger charge is -2.03. The molecule has 1 fully saturated rings. The Labute approximate surface area is 178 Å². The second-order valence-corrected chi connectivity index (χ2v) is 8.07. The van der Waals surface area contributed by atoms with Gasteiger partial charge in [0.2, 0.25) is 0 Å². The zero-order valence-corrected chi connectivity index (χ0v) is 17.1. The van der Waals surface area contributed by atoms with Crippen LogP contribution in [-0.4, -0.2) is 57.2 Å². The molecule has 10 nitrogen and oxygen atoms in total. The number of fused-ring (bicyclic) bond motifs is 1. The topological polar surface area (TPSA) is 125 Å². The van der Waals surface area contributed by atoms with Crippen LogP contribution in [-0.2, 0) is 24.2 Å². The SMILES string of the molecule is CC(=O)Cc1ccc(-n2nnc3cnc(Cc4cnn(C[C@@H]5C[C@H]5CO)c4)nc32)cn1. The van der Waals surface area contributed by atoms with E-state index in [2.05, 4.69) is 30.4 Å². The Balaban J connectivity index is 1.34. The Morgan fingerprint density at radius 3 is 2.84 bits per heavy atom. The van der Waals surface area contributed by atoms with Crippen molar-refractivity contribution < 1.29 is 9.90 Å². The number of hydrogen-bond acceptors (Lipinski definition) is 8. The van der Waals surface area contributed by atoms with Gasteiger partial charge >= 0.3 is 0 Å². The van der Waals surface area contributed by atoms with E-state index in [1.807, 2.05) is 29.2 Å². The normalized spacial score (nSPS) is 17.9. The molecule has 4 aromatic rings. The van der Waals surface area contributed by atoms with E-state index in [1.165, 1.54) is 0 Å². The van der Waals surface area contributed by atoms with Gasteiger partial charge in [-0.05, 0) is 42.9 Å². The summed E-state index contributed by atoms with van der Waals surface area (Å²) in [5.41, 5.74) is 3.65. The number of rotatable bonds is 8. The molecular formula is C21H22N8O2. The van der Waals surface area contributed by atoms with E-state index in [4.69, 9.17) is 0 Å². The fraction of sp³-hybridized carbons (Fsp3) is 0.381. The summed E-state index contributed by atoms with van der Waals surface area (Å²) in [7, 11) is 0. The summed E-state index contributed by atoms with van der Waals surface area (Å²) in [4.78, 5) is 24.7. The lowest BCUT2D eigenvalue weighted by Crippen LogP contribution is -2.04. The number of nitrogens with zero attached hydrogens (tertiary/aromatic N) is 8. The fourth-order valence-corrected chi connectivity index (χ4v) is 3.70. The lowest BCUT2D eigenvalue weighted by molar-refractivity contribution is -0.116. The molecule has 1 aliphatic rings. The van der Waals surface area contributed by atoms with Gasteiger partial charge in [0.25, 0.3) is 0 Å². The summed E-state index contributed by atoms with van der Waals surface area (Å²) in [6, 6.07) is 3.66. The van der Waals surface area contributed by atoms with Crippen LogP contribution < -0.4 is 0 Å². The highest BCUT2D eigenvalue weighted by atomic mass is 16.3. The van der Waals surface area contributed by atoms with Crippen LogP contribution in [0.25, 0.3) is 16.9 Å². The minimum Gasteiger partial charge on any atom is -0.396 e. The molecule has 0 unspecified atom stereocenters. The van der Waals surface area contributed by atoms with Gasteiger partial charge in [0.15, 0.2) is 11.2 Å². The molecule has 1 saturated carbocycles. The maximum atomic E-state index is 11.3. The zero-order valence-electron chi connectivity index (χ0n) is 17.1. The van der Waals surface area contributed by atoms with Gasteiger partial charge in [-0.25, -0.2) is 9.97 Å². The van der Waals surface area contributed by atoms with Crippen molar-refractivity contribution in [2.24, 2.45) is 11.8 Å². The van der Waals surface area contributed by atoms with Gasteiger partial charge in [0.1, 0.15) is 11.6 Å². The highest BCUT2D eigenvalue weighted by Crippen LogP contribution is 2.38. The lowest BCUT2D eigenvalue weighted by atomic mass is 10.2. The molecule has 1 N–H and O–H groups in total. The second kappa shape index (κ2) is 7.95. The highest BCUT2D eigenvalue weighted by molar-refractivity contribution is 5.77. The number of aromatic nitrogens is 8. The van der Waals surface area contributed by atoms with Crippen molar-refractivity contribution >= 4 is 16.9 Å². The highest BCUT2D eigenvalue weighted by Gasteiger charge is 2.36. The van der Waals surface area contributed by atoms with Crippen LogP contribution in [0.15, 0.2) is 36.9 Å². The van der Waals surface area contributed by atoms with E-state index in [-0.39, 0.29) is 12.4 Å². The summed E-state index contributed by atoms with van der Waals surface area (Å²) < 4.78 is 3.55. The Morgan fingerprint density at radius 1 is 1.19 bits per heavy atom. The van der Waals surface area contributed by atoms with E-state index in [1.54, 1.807) is 24.0 Å². The van der Waals surface area contributed by atoms with Gasteiger partial charge in [-0.15, -0.1) is 5.10 Å². The van der Waals surface area contributed by atoms with Gasteiger partial charge in [-0.1, -0.05) is 5.21 Å². The van der Waals surface area contributed by atoms with Gasteiger partial charge < -0.3 is 5.11 Å². The molecule has 0 bridgehead atoms. The maximum Gasteiger partial charge on any atom is 0.187 e. The zero-order chi connectivity index (χ0) is 21.4. The quantitative estimate of drug-likeness (QED) is 0.452. The van der Waals surface area contributed by atoms with E-state index in [0.29, 0.717) is 47.4 Å². The summed E-state index contributed by atoms with van der Waals surface area (Å²) in [5, 5.41) is 22.0. The molecule has 4 heterocycles. The molecule has 0 aromatic carbocycles. The van der Waals surface area contributed by atoms with E-state index in [9.17, 15) is 9.90 Å². The number of Topliss-reactive ketones (excluding diaryl/α,β-unsaturated/α-hetero) is 1. The van der Waals surface area contributed by atoms with Crippen molar-refractivity contribution in [2.75, 3.05) is 6.61 Å². The summed E-state index contributed by atoms with van der Waals surface area (Å²) in [6.07, 6.45) is 9.08. The molecule has 0 radical (unpaired) electrons. The molecular weight excluding hydrogens is 396 g/mol. The number of pyridine rings is 1. The number of carbonyl (C=O) groups is 1. The minimum absolute atomic E-state index is 0.0671. The van der Waals surface area contributed by atoms with Gasteiger partial charge in [0, 0.05) is 37.9 Å². The molecule has 5 rings (SSSR count). The first kappa shape index (κ1) is 19.4. The average Bonchev–Trinajstić information content (AvgIpc) is 3.14. The van der Waals surface area contributed by atoms with Crippen LogP contribution >= 0.6 is 0 Å². The smallest absolute Gasteiger partial charge is 0.187 e. The van der Waals surface area contributed by atoms with Crippen molar-refractivity contribution in [3.8, 4) is 5.69 Å². The third-order valence-corrected chi connectivity index (χ3v) is 5.50. The number of aliphatic hydroxyl groups is 1. The third-order valence-electron chi connectivity index (χ3n) is 5.50. The first-order valence-corrected chi connectivity index (χ1v) is 10.2. The molecule has 0 spiro atoms. The Kier molecular flexibility index (Phi) is 4.99. The van der Waals surface area contributed by atoms with Crippen LogP contribution in [0.1, 0.15) is 30.4 Å². The second-order valence-electron chi connectivity index (χ2n) is 8.07. The molecule has 4 aromatic heterocycles. The van der Waals surface area contributed by atoms with Gasteiger partial charge in [-0.2, -0.15) is 9.78 Å².